The third-order valence-electron chi connectivity index (χ3n) is 4.27. The zero-order valence-corrected chi connectivity index (χ0v) is 12.7. The number of sulfone groups is 1. The van der Waals surface area contributed by atoms with Crippen LogP contribution in [0.4, 0.5) is 9.18 Å². The van der Waals surface area contributed by atoms with Crippen LogP contribution in [0.1, 0.15) is 39.0 Å². The van der Waals surface area contributed by atoms with Gasteiger partial charge in [0.25, 0.3) is 0 Å². The standard InChI is InChI=1S/C13H23FN2O3S/c1-10-6-8-20(18,19)9-7-16(10)13(17)15-12-5-3-2-4-11(12)14/h10-12H,2-9H2,1H3,(H,15,17)/t10?,11-,12-/m1/s1. The molecule has 2 fully saturated rings. The molecule has 0 spiro atoms. The lowest BCUT2D eigenvalue weighted by molar-refractivity contribution is 0.152. The van der Waals surface area contributed by atoms with Crippen LogP contribution in [0, 0.1) is 0 Å². The molecule has 1 aliphatic carbocycles. The molecule has 0 bridgehead atoms. The maximum Gasteiger partial charge on any atom is 0.317 e. The molecule has 3 atom stereocenters. The number of nitrogens with zero attached hydrogens (tertiary/aromatic N) is 1. The number of carbonyl (C=O) groups is 1. The van der Waals surface area contributed by atoms with E-state index in [1.54, 1.807) is 0 Å². The first kappa shape index (κ1) is 15.5. The molecule has 1 N–H and O–H groups in total. The van der Waals surface area contributed by atoms with E-state index >= 15 is 0 Å². The summed E-state index contributed by atoms with van der Waals surface area (Å²) in [6.07, 6.45) is 2.40. The Kier molecular flexibility index (Phi) is 4.88. The number of alkyl halides is 1. The Balaban J connectivity index is 1.97. The first-order chi connectivity index (χ1) is 9.39. The number of nitrogens with one attached hydrogen (secondary N) is 1. The lowest BCUT2D eigenvalue weighted by Gasteiger charge is -2.32. The number of hydrogen-bond acceptors (Lipinski definition) is 3. The van der Waals surface area contributed by atoms with Crippen LogP contribution in [0.15, 0.2) is 0 Å². The van der Waals surface area contributed by atoms with Crippen LogP contribution in [0.25, 0.3) is 0 Å². The summed E-state index contributed by atoms with van der Waals surface area (Å²) in [5.41, 5.74) is 0. The molecule has 0 radical (unpaired) electrons. The summed E-state index contributed by atoms with van der Waals surface area (Å²) < 4.78 is 37.0. The Morgan fingerprint density at radius 3 is 2.60 bits per heavy atom. The van der Waals surface area contributed by atoms with Crippen molar-refractivity contribution < 1.29 is 17.6 Å². The van der Waals surface area contributed by atoms with Crippen molar-refractivity contribution in [2.75, 3.05) is 18.1 Å². The predicted molar refractivity (Wildman–Crippen MR) is 75.1 cm³/mol. The second kappa shape index (κ2) is 6.28. The molecule has 1 aliphatic heterocycles. The molecule has 0 aromatic heterocycles. The zero-order valence-electron chi connectivity index (χ0n) is 11.8. The van der Waals surface area contributed by atoms with E-state index in [1.165, 1.54) is 4.90 Å². The fourth-order valence-corrected chi connectivity index (χ4v) is 4.24. The summed E-state index contributed by atoms with van der Waals surface area (Å²) in [6.45, 7) is 2.03. The highest BCUT2D eigenvalue weighted by molar-refractivity contribution is 7.91. The minimum absolute atomic E-state index is 0.00548. The molecule has 116 valence electrons. The van der Waals surface area contributed by atoms with Gasteiger partial charge in [-0.25, -0.2) is 17.6 Å². The average Bonchev–Trinajstić information content (AvgIpc) is 2.52. The summed E-state index contributed by atoms with van der Waals surface area (Å²) in [5.74, 6) is 0.113. The zero-order chi connectivity index (χ0) is 14.8. The number of halogens is 1. The van der Waals surface area contributed by atoms with Gasteiger partial charge in [-0.3, -0.25) is 0 Å². The first-order valence-electron chi connectivity index (χ1n) is 7.31. The van der Waals surface area contributed by atoms with Gasteiger partial charge in [-0.1, -0.05) is 12.8 Å². The summed E-state index contributed by atoms with van der Waals surface area (Å²) >= 11 is 0. The van der Waals surface area contributed by atoms with E-state index in [4.69, 9.17) is 0 Å². The van der Waals surface area contributed by atoms with Crippen LogP contribution in [0.3, 0.4) is 0 Å². The monoisotopic (exact) mass is 306 g/mol. The third-order valence-corrected chi connectivity index (χ3v) is 5.94. The minimum atomic E-state index is -3.06. The van der Waals surface area contributed by atoms with Crippen LogP contribution in [-0.2, 0) is 9.84 Å². The molecule has 20 heavy (non-hydrogen) atoms. The van der Waals surface area contributed by atoms with Crippen molar-refractivity contribution in [1.82, 2.24) is 10.2 Å². The van der Waals surface area contributed by atoms with Crippen LogP contribution in [0.5, 0.6) is 0 Å². The maximum absolute atomic E-state index is 13.7. The highest BCUT2D eigenvalue weighted by atomic mass is 32.2. The normalized spacial score (nSPS) is 34.3. The van der Waals surface area contributed by atoms with Crippen molar-refractivity contribution >= 4 is 15.9 Å². The van der Waals surface area contributed by atoms with Gasteiger partial charge in [-0.2, -0.15) is 0 Å². The fraction of sp³-hybridized carbons (Fsp3) is 0.923. The molecular formula is C13H23FN2O3S. The topological polar surface area (TPSA) is 66.5 Å². The van der Waals surface area contributed by atoms with Gasteiger partial charge in [0.05, 0.1) is 17.5 Å². The molecule has 7 heteroatoms. The Morgan fingerprint density at radius 1 is 1.20 bits per heavy atom. The van der Waals surface area contributed by atoms with Gasteiger partial charge in [0.2, 0.25) is 0 Å². The predicted octanol–water partition coefficient (Wildman–Crippen LogP) is 1.49. The Labute approximate surface area is 119 Å². The Hall–Kier alpha value is -0.850. The molecule has 2 aliphatic rings. The summed E-state index contributed by atoms with van der Waals surface area (Å²) in [4.78, 5) is 13.8. The molecule has 0 aromatic rings. The molecule has 0 aromatic carbocycles. The van der Waals surface area contributed by atoms with E-state index in [0.717, 1.165) is 12.8 Å². The van der Waals surface area contributed by atoms with Gasteiger partial charge < -0.3 is 10.2 Å². The maximum atomic E-state index is 13.7. The number of hydrogen-bond donors (Lipinski definition) is 1. The lowest BCUT2D eigenvalue weighted by atomic mass is 9.94. The second-order valence-electron chi connectivity index (χ2n) is 5.84. The smallest absolute Gasteiger partial charge is 0.317 e. The second-order valence-corrected chi connectivity index (χ2v) is 8.14. The van der Waals surface area contributed by atoms with Crippen molar-refractivity contribution in [2.45, 2.75) is 57.3 Å². The van der Waals surface area contributed by atoms with E-state index in [9.17, 15) is 17.6 Å². The number of rotatable bonds is 1. The summed E-state index contributed by atoms with van der Waals surface area (Å²) in [6, 6.07) is -0.888. The fourth-order valence-electron chi connectivity index (χ4n) is 2.86. The lowest BCUT2D eigenvalue weighted by Crippen LogP contribution is -2.52. The van der Waals surface area contributed by atoms with E-state index < -0.39 is 22.1 Å². The molecular weight excluding hydrogens is 283 g/mol. The summed E-state index contributed by atoms with van der Waals surface area (Å²) in [7, 11) is -3.06. The van der Waals surface area contributed by atoms with E-state index in [2.05, 4.69) is 5.32 Å². The van der Waals surface area contributed by atoms with Crippen molar-refractivity contribution in [3.05, 3.63) is 0 Å². The highest BCUT2D eigenvalue weighted by Gasteiger charge is 2.31. The van der Waals surface area contributed by atoms with Gasteiger partial charge in [0.1, 0.15) is 6.17 Å². The van der Waals surface area contributed by atoms with Crippen LogP contribution < -0.4 is 5.32 Å². The van der Waals surface area contributed by atoms with Crippen LogP contribution in [-0.4, -0.2) is 55.7 Å². The quantitative estimate of drug-likeness (QED) is 0.798. The molecule has 2 rings (SSSR count). The molecule has 1 saturated heterocycles. The van der Waals surface area contributed by atoms with Gasteiger partial charge in [0.15, 0.2) is 9.84 Å². The first-order valence-corrected chi connectivity index (χ1v) is 9.13. The molecule has 1 unspecified atom stereocenters. The van der Waals surface area contributed by atoms with Crippen molar-refractivity contribution in [2.24, 2.45) is 0 Å². The van der Waals surface area contributed by atoms with E-state index in [-0.39, 0.29) is 30.1 Å². The largest absolute Gasteiger partial charge is 0.332 e. The molecule has 2 amide bonds. The average molecular weight is 306 g/mol. The number of urea groups is 1. The minimum Gasteiger partial charge on any atom is -0.332 e. The highest BCUT2D eigenvalue weighted by Crippen LogP contribution is 2.22. The van der Waals surface area contributed by atoms with Gasteiger partial charge in [-0.05, 0) is 26.2 Å². The molecule has 5 nitrogen and oxygen atoms in total. The number of amides is 2. The van der Waals surface area contributed by atoms with E-state index in [0.29, 0.717) is 19.3 Å². The summed E-state index contributed by atoms with van der Waals surface area (Å²) in [5, 5.41) is 2.74. The van der Waals surface area contributed by atoms with E-state index in [1.807, 2.05) is 6.92 Å². The SMILES string of the molecule is CC1CCS(=O)(=O)CCN1C(=O)N[C@@H]1CCCC[C@H]1F. The van der Waals surface area contributed by atoms with Crippen LogP contribution >= 0.6 is 0 Å². The van der Waals surface area contributed by atoms with Gasteiger partial charge in [0, 0.05) is 12.6 Å². The van der Waals surface area contributed by atoms with Crippen molar-refractivity contribution in [1.29, 1.82) is 0 Å². The Bertz CT molecular complexity index is 455. The van der Waals surface area contributed by atoms with Gasteiger partial charge >= 0.3 is 6.03 Å². The Morgan fingerprint density at radius 2 is 1.90 bits per heavy atom. The van der Waals surface area contributed by atoms with Gasteiger partial charge in [-0.15, -0.1) is 0 Å². The molecule has 1 saturated carbocycles. The third kappa shape index (κ3) is 3.84. The van der Waals surface area contributed by atoms with Crippen molar-refractivity contribution in [3.63, 3.8) is 0 Å². The van der Waals surface area contributed by atoms with Crippen molar-refractivity contribution in [3.8, 4) is 0 Å². The number of carbonyl (C=O) groups excluding carboxylic acids is 1. The van der Waals surface area contributed by atoms with Crippen LogP contribution in [0.2, 0.25) is 0 Å². The molecule has 1 heterocycles.